The lowest BCUT2D eigenvalue weighted by molar-refractivity contribution is 0.140. The molecule has 5 nitrogen and oxygen atoms in total. The van der Waals surface area contributed by atoms with Gasteiger partial charge in [0, 0.05) is 38.8 Å². The molecule has 1 atom stereocenters. The topological polar surface area (TPSA) is 66.6 Å². The number of nitrogens with two attached hydrogens (primary N) is 1. The minimum atomic E-state index is -3.13. The number of hydrogen-bond acceptors (Lipinski definition) is 4. The van der Waals surface area contributed by atoms with E-state index in [0.29, 0.717) is 32.7 Å². The van der Waals surface area contributed by atoms with Crippen molar-refractivity contribution >= 4 is 10.0 Å². The Morgan fingerprint density at radius 1 is 1.29 bits per heavy atom. The van der Waals surface area contributed by atoms with Gasteiger partial charge in [0.25, 0.3) is 0 Å². The van der Waals surface area contributed by atoms with Crippen molar-refractivity contribution in [1.29, 1.82) is 0 Å². The van der Waals surface area contributed by atoms with Gasteiger partial charge >= 0.3 is 0 Å². The molecule has 7 heteroatoms. The normalized spacial score (nSPS) is 19.6. The van der Waals surface area contributed by atoms with Gasteiger partial charge in [-0.15, -0.1) is 0 Å². The average molecular weight is 315 g/mol. The van der Waals surface area contributed by atoms with Crippen molar-refractivity contribution in [3.8, 4) is 0 Å². The zero-order chi connectivity index (χ0) is 15.6. The maximum absolute atomic E-state index is 13.2. The van der Waals surface area contributed by atoms with Gasteiger partial charge < -0.3 is 5.73 Å². The van der Waals surface area contributed by atoms with Gasteiger partial charge in [0.05, 0.1) is 6.26 Å². The Morgan fingerprint density at radius 3 is 2.38 bits per heavy atom. The summed E-state index contributed by atoms with van der Waals surface area (Å²) in [6, 6.07) is 4.71. The average Bonchev–Trinajstić information content (AvgIpc) is 2.41. The molecule has 1 heterocycles. The maximum atomic E-state index is 13.2. The van der Waals surface area contributed by atoms with Crippen molar-refractivity contribution in [2.24, 2.45) is 5.73 Å². The van der Waals surface area contributed by atoms with Crippen LogP contribution in [0.3, 0.4) is 0 Å². The van der Waals surface area contributed by atoms with Crippen LogP contribution in [0.25, 0.3) is 0 Å². The number of sulfonamides is 1. The first-order chi connectivity index (χ1) is 9.82. The van der Waals surface area contributed by atoms with E-state index in [4.69, 9.17) is 5.73 Å². The second kappa shape index (κ2) is 6.39. The summed E-state index contributed by atoms with van der Waals surface area (Å²) in [7, 11) is -3.13. The fraction of sp³-hybridized carbons (Fsp3) is 0.571. The van der Waals surface area contributed by atoms with E-state index < -0.39 is 10.0 Å². The van der Waals surface area contributed by atoms with Crippen LogP contribution in [-0.4, -0.2) is 56.6 Å². The van der Waals surface area contributed by atoms with Crippen LogP contribution in [0.4, 0.5) is 4.39 Å². The third-order valence-corrected chi connectivity index (χ3v) is 5.30. The molecule has 1 aliphatic rings. The molecule has 0 aliphatic carbocycles. The molecule has 0 spiro atoms. The number of nitrogens with zero attached hydrogens (tertiary/aromatic N) is 2. The largest absolute Gasteiger partial charge is 0.329 e. The van der Waals surface area contributed by atoms with Crippen LogP contribution in [0, 0.1) is 12.7 Å². The van der Waals surface area contributed by atoms with Gasteiger partial charge in [0.1, 0.15) is 5.82 Å². The minimum Gasteiger partial charge on any atom is -0.329 e. The highest BCUT2D eigenvalue weighted by Crippen LogP contribution is 2.25. The third kappa shape index (κ3) is 3.79. The fourth-order valence-electron chi connectivity index (χ4n) is 2.83. The van der Waals surface area contributed by atoms with Crippen LogP contribution in [-0.2, 0) is 10.0 Å². The summed E-state index contributed by atoms with van der Waals surface area (Å²) < 4.78 is 37.8. The Labute approximate surface area is 125 Å². The standard InChI is InChI=1S/C14H22FN3O2S/c1-11-9-12(15)3-4-13(11)14(10-16)17-5-7-18(8-6-17)21(2,19)20/h3-4,9,14H,5-8,10,16H2,1-2H3. The van der Waals surface area contributed by atoms with Gasteiger partial charge in [-0.25, -0.2) is 12.8 Å². The molecule has 1 saturated heterocycles. The number of halogens is 1. The molecule has 21 heavy (non-hydrogen) atoms. The Hall–Kier alpha value is -1.02. The first-order valence-corrected chi connectivity index (χ1v) is 8.83. The zero-order valence-electron chi connectivity index (χ0n) is 12.4. The highest BCUT2D eigenvalue weighted by atomic mass is 32.2. The molecule has 1 aromatic carbocycles. The molecular formula is C14H22FN3O2S. The number of hydrogen-bond donors (Lipinski definition) is 1. The van der Waals surface area contributed by atoms with E-state index in [9.17, 15) is 12.8 Å². The summed E-state index contributed by atoms with van der Waals surface area (Å²) in [5.41, 5.74) is 7.77. The first kappa shape index (κ1) is 16.4. The van der Waals surface area contributed by atoms with Crippen molar-refractivity contribution in [2.75, 3.05) is 39.0 Å². The molecule has 1 aromatic rings. The molecule has 0 bridgehead atoms. The Balaban J connectivity index is 2.13. The summed E-state index contributed by atoms with van der Waals surface area (Å²) >= 11 is 0. The van der Waals surface area contributed by atoms with Gasteiger partial charge in [0.15, 0.2) is 0 Å². The fourth-order valence-corrected chi connectivity index (χ4v) is 3.66. The van der Waals surface area contributed by atoms with E-state index in [-0.39, 0.29) is 11.9 Å². The highest BCUT2D eigenvalue weighted by molar-refractivity contribution is 7.88. The molecule has 1 fully saturated rings. The molecule has 1 unspecified atom stereocenters. The van der Waals surface area contributed by atoms with Gasteiger partial charge in [-0.1, -0.05) is 6.07 Å². The zero-order valence-corrected chi connectivity index (χ0v) is 13.2. The van der Waals surface area contributed by atoms with Crippen molar-refractivity contribution < 1.29 is 12.8 Å². The summed E-state index contributed by atoms with van der Waals surface area (Å²) in [6.45, 7) is 4.49. The summed E-state index contributed by atoms with van der Waals surface area (Å²) in [4.78, 5) is 2.17. The monoisotopic (exact) mass is 315 g/mol. The SMILES string of the molecule is Cc1cc(F)ccc1C(CN)N1CCN(S(C)(=O)=O)CC1. The summed E-state index contributed by atoms with van der Waals surface area (Å²) in [5.74, 6) is -0.256. The van der Waals surface area contributed by atoms with E-state index in [1.807, 2.05) is 6.92 Å². The van der Waals surface area contributed by atoms with Gasteiger partial charge in [-0.05, 0) is 30.2 Å². The third-order valence-electron chi connectivity index (χ3n) is 4.00. The second-order valence-corrected chi connectivity index (χ2v) is 7.43. The highest BCUT2D eigenvalue weighted by Gasteiger charge is 2.28. The first-order valence-electron chi connectivity index (χ1n) is 6.98. The van der Waals surface area contributed by atoms with Gasteiger partial charge in [-0.3, -0.25) is 4.90 Å². The molecule has 0 saturated carbocycles. The number of benzene rings is 1. The van der Waals surface area contributed by atoms with E-state index in [0.717, 1.165) is 11.1 Å². The predicted octanol–water partition coefficient (Wildman–Crippen LogP) is 0.711. The van der Waals surface area contributed by atoms with E-state index >= 15 is 0 Å². The minimum absolute atomic E-state index is 0.00712. The molecule has 0 radical (unpaired) electrons. The number of aryl methyl sites for hydroxylation is 1. The van der Waals surface area contributed by atoms with Crippen molar-refractivity contribution in [1.82, 2.24) is 9.21 Å². The Morgan fingerprint density at radius 2 is 1.90 bits per heavy atom. The number of piperazine rings is 1. The van der Waals surface area contributed by atoms with Crippen molar-refractivity contribution in [3.63, 3.8) is 0 Å². The summed E-state index contributed by atoms with van der Waals surface area (Å²) in [6.07, 6.45) is 1.23. The van der Waals surface area contributed by atoms with Crippen LogP contribution in [0.1, 0.15) is 17.2 Å². The molecule has 0 amide bonds. The second-order valence-electron chi connectivity index (χ2n) is 5.45. The van der Waals surface area contributed by atoms with Crippen molar-refractivity contribution in [2.45, 2.75) is 13.0 Å². The Kier molecular flexibility index (Phi) is 4.98. The van der Waals surface area contributed by atoms with Crippen LogP contribution in [0.2, 0.25) is 0 Å². The lowest BCUT2D eigenvalue weighted by Crippen LogP contribution is -2.50. The van der Waals surface area contributed by atoms with Crippen LogP contribution < -0.4 is 5.73 Å². The van der Waals surface area contributed by atoms with Gasteiger partial charge in [-0.2, -0.15) is 4.31 Å². The van der Waals surface area contributed by atoms with E-state index in [1.54, 1.807) is 6.07 Å². The molecule has 0 aromatic heterocycles. The smallest absolute Gasteiger partial charge is 0.211 e. The molecular weight excluding hydrogens is 293 g/mol. The van der Waals surface area contributed by atoms with Gasteiger partial charge in [0.2, 0.25) is 10.0 Å². The number of rotatable bonds is 4. The molecule has 2 N–H and O–H groups in total. The quantitative estimate of drug-likeness (QED) is 0.889. The van der Waals surface area contributed by atoms with Crippen LogP contribution >= 0.6 is 0 Å². The van der Waals surface area contributed by atoms with E-state index in [1.165, 1.54) is 22.7 Å². The Bertz CT molecular complexity index is 598. The van der Waals surface area contributed by atoms with Crippen LogP contribution in [0.15, 0.2) is 18.2 Å². The molecule has 118 valence electrons. The lowest BCUT2D eigenvalue weighted by atomic mass is 9.99. The molecule has 2 rings (SSSR count). The van der Waals surface area contributed by atoms with Crippen LogP contribution in [0.5, 0.6) is 0 Å². The predicted molar refractivity (Wildman–Crippen MR) is 80.9 cm³/mol. The van der Waals surface area contributed by atoms with Crippen molar-refractivity contribution in [3.05, 3.63) is 35.1 Å². The maximum Gasteiger partial charge on any atom is 0.211 e. The molecule has 1 aliphatic heterocycles. The van der Waals surface area contributed by atoms with E-state index in [2.05, 4.69) is 4.90 Å². The summed E-state index contributed by atoms with van der Waals surface area (Å²) in [5, 5.41) is 0. The lowest BCUT2D eigenvalue weighted by Gasteiger charge is -2.38.